The van der Waals surface area contributed by atoms with Gasteiger partial charge in [-0.1, -0.05) is 40.6 Å². The highest BCUT2D eigenvalue weighted by molar-refractivity contribution is 5.94. The summed E-state index contributed by atoms with van der Waals surface area (Å²) >= 11 is 0. The van der Waals surface area contributed by atoms with Gasteiger partial charge in [-0.25, -0.2) is 0 Å². The fourth-order valence-corrected chi connectivity index (χ4v) is 3.53. The molecule has 0 spiro atoms. The Kier molecular flexibility index (Phi) is 3.55. The number of aromatic nitrogens is 4. The molecule has 3 heterocycles. The lowest BCUT2D eigenvalue weighted by atomic mass is 10.1. The van der Waals surface area contributed by atoms with Crippen molar-refractivity contribution in [3.05, 3.63) is 72.5 Å². The molecular weight excluding hydrogens is 380 g/mol. The van der Waals surface area contributed by atoms with Crippen LogP contribution in [0.25, 0.3) is 56.0 Å². The molecule has 7 nitrogen and oxygen atoms in total. The van der Waals surface area contributed by atoms with Gasteiger partial charge in [-0.05, 0) is 43.3 Å². The Morgan fingerprint density at radius 2 is 1.27 bits per heavy atom. The average Bonchev–Trinajstić information content (AvgIpc) is 3.52. The highest BCUT2D eigenvalue weighted by Gasteiger charge is 2.16. The minimum Gasteiger partial charge on any atom is -0.416 e. The van der Waals surface area contributed by atoms with Crippen LogP contribution in [-0.4, -0.2) is 20.5 Å². The first-order chi connectivity index (χ1) is 14.8. The van der Waals surface area contributed by atoms with Gasteiger partial charge in [-0.15, -0.1) is 10.2 Å². The molecule has 30 heavy (non-hydrogen) atoms. The monoisotopic (exact) mass is 394 g/mol. The number of hydrogen-bond acceptors (Lipinski definition) is 7. The number of benzene rings is 3. The van der Waals surface area contributed by atoms with Gasteiger partial charge in [0, 0.05) is 22.1 Å². The summed E-state index contributed by atoms with van der Waals surface area (Å²) < 4.78 is 16.8. The molecule has 0 aliphatic rings. The van der Waals surface area contributed by atoms with E-state index in [0.29, 0.717) is 17.5 Å². The molecule has 144 valence electrons. The first-order valence-corrected chi connectivity index (χ1v) is 9.41. The van der Waals surface area contributed by atoms with Crippen molar-refractivity contribution in [3.8, 4) is 34.2 Å². The highest BCUT2D eigenvalue weighted by Crippen LogP contribution is 2.33. The number of rotatable bonds is 3. The zero-order valence-corrected chi connectivity index (χ0v) is 15.9. The molecule has 0 aliphatic carbocycles. The van der Waals surface area contributed by atoms with Crippen molar-refractivity contribution in [2.75, 3.05) is 0 Å². The topological polar surface area (TPSA) is 91.0 Å². The number of fused-ring (bicyclic) bond motifs is 2. The van der Waals surface area contributed by atoms with Crippen molar-refractivity contribution in [3.63, 3.8) is 0 Å². The lowest BCUT2D eigenvalue weighted by molar-refractivity contribution is 0.405. The number of nitrogens with zero attached hydrogens (tertiary/aromatic N) is 4. The molecular formula is C23H14N4O3. The maximum atomic E-state index is 5.97. The van der Waals surface area contributed by atoms with Gasteiger partial charge in [-0.3, -0.25) is 0 Å². The van der Waals surface area contributed by atoms with Crippen molar-refractivity contribution < 1.29 is 13.5 Å². The van der Waals surface area contributed by atoms with Crippen molar-refractivity contribution in [2.45, 2.75) is 6.92 Å². The van der Waals surface area contributed by atoms with Crippen LogP contribution in [0.3, 0.4) is 0 Å². The molecule has 7 heteroatoms. The third kappa shape index (κ3) is 2.60. The molecule has 0 amide bonds. The molecule has 3 aromatic heterocycles. The molecule has 0 saturated heterocycles. The second kappa shape index (κ2) is 6.38. The van der Waals surface area contributed by atoms with Gasteiger partial charge in [0.1, 0.15) is 16.8 Å². The molecule has 0 unspecified atom stereocenters. The summed E-state index contributed by atoms with van der Waals surface area (Å²) in [6.45, 7) is 1.87. The van der Waals surface area contributed by atoms with Crippen molar-refractivity contribution in [1.29, 1.82) is 0 Å². The average molecular weight is 394 g/mol. The van der Waals surface area contributed by atoms with E-state index in [1.54, 1.807) is 0 Å². The normalized spacial score (nSPS) is 11.5. The Balaban J connectivity index is 1.42. The molecule has 6 aromatic rings. The van der Waals surface area contributed by atoms with Gasteiger partial charge in [-0.2, -0.15) is 0 Å². The minimum absolute atomic E-state index is 0.425. The fraction of sp³-hybridized carbons (Fsp3) is 0.0435. The summed E-state index contributed by atoms with van der Waals surface area (Å²) in [7, 11) is 0. The fourth-order valence-electron chi connectivity index (χ4n) is 3.53. The third-order valence-corrected chi connectivity index (χ3v) is 5.09. The summed E-state index contributed by atoms with van der Waals surface area (Å²) in [5, 5.41) is 18.4. The maximum Gasteiger partial charge on any atom is 0.248 e. The number of hydrogen-bond donors (Lipinski definition) is 0. The Labute approximate surface area is 169 Å². The molecule has 0 aliphatic heterocycles. The van der Waals surface area contributed by atoms with Crippen molar-refractivity contribution in [2.24, 2.45) is 0 Å². The van der Waals surface area contributed by atoms with Crippen LogP contribution in [0, 0.1) is 6.92 Å². The van der Waals surface area contributed by atoms with Crippen LogP contribution in [0.5, 0.6) is 0 Å². The van der Waals surface area contributed by atoms with Gasteiger partial charge >= 0.3 is 0 Å². The Hall–Kier alpha value is -4.26. The number of aryl methyl sites for hydroxylation is 1. The summed E-state index contributed by atoms with van der Waals surface area (Å²) in [6.07, 6.45) is 0. The van der Waals surface area contributed by atoms with Crippen LogP contribution >= 0.6 is 0 Å². The van der Waals surface area contributed by atoms with E-state index >= 15 is 0 Å². The van der Waals surface area contributed by atoms with Crippen LogP contribution in [0.15, 0.2) is 80.2 Å². The van der Waals surface area contributed by atoms with E-state index in [0.717, 1.165) is 44.3 Å². The summed E-state index contributed by atoms with van der Waals surface area (Å²) in [6, 6.07) is 21.3. The zero-order chi connectivity index (χ0) is 20.1. The van der Waals surface area contributed by atoms with Gasteiger partial charge in [0.25, 0.3) is 0 Å². The molecule has 0 bridgehead atoms. The predicted octanol–water partition coefficient (Wildman–Crippen LogP) is 5.66. The zero-order valence-electron chi connectivity index (χ0n) is 15.9. The van der Waals surface area contributed by atoms with Crippen molar-refractivity contribution >= 4 is 21.8 Å². The summed E-state index contributed by atoms with van der Waals surface area (Å²) in [4.78, 5) is 0. The van der Waals surface area contributed by atoms with Crippen molar-refractivity contribution in [1.82, 2.24) is 20.5 Å². The van der Waals surface area contributed by atoms with Gasteiger partial charge in [0.05, 0.1) is 5.39 Å². The van der Waals surface area contributed by atoms with Crippen LogP contribution < -0.4 is 0 Å². The predicted molar refractivity (Wildman–Crippen MR) is 110 cm³/mol. The molecule has 0 atom stereocenters. The Morgan fingerprint density at radius 3 is 2.00 bits per heavy atom. The van der Waals surface area contributed by atoms with E-state index < -0.39 is 0 Å². The first kappa shape index (κ1) is 16.7. The van der Waals surface area contributed by atoms with Crippen LogP contribution in [-0.2, 0) is 0 Å². The highest BCUT2D eigenvalue weighted by atomic mass is 16.5. The Bertz CT molecular complexity index is 1510. The lowest BCUT2D eigenvalue weighted by Crippen LogP contribution is -1.79. The molecule has 0 saturated carbocycles. The summed E-state index contributed by atoms with van der Waals surface area (Å²) in [5.41, 5.74) is 4.13. The van der Waals surface area contributed by atoms with E-state index in [2.05, 4.69) is 20.5 Å². The van der Waals surface area contributed by atoms with E-state index in [9.17, 15) is 0 Å². The standard InChI is InChI=1S/C23H14N4O3/c1-13-17-11-15(7-9-19(17)26-29-13)22-24-25-23(28-22)16-8-10-20-18(12-16)21(30-27-20)14-5-3-2-4-6-14/h2-12H,1H3. The van der Waals surface area contributed by atoms with E-state index in [-0.39, 0.29) is 0 Å². The van der Waals surface area contributed by atoms with E-state index in [4.69, 9.17) is 13.5 Å². The first-order valence-electron chi connectivity index (χ1n) is 9.41. The van der Waals surface area contributed by atoms with E-state index in [1.165, 1.54) is 0 Å². The van der Waals surface area contributed by atoms with Gasteiger partial charge in [0.15, 0.2) is 5.76 Å². The van der Waals surface area contributed by atoms with Gasteiger partial charge in [0.2, 0.25) is 11.8 Å². The second-order valence-electron chi connectivity index (χ2n) is 6.99. The van der Waals surface area contributed by atoms with Crippen LogP contribution in [0.1, 0.15) is 5.76 Å². The SMILES string of the molecule is Cc1onc2ccc(-c3nnc(-c4ccc5noc(-c6ccccc6)c5c4)o3)cc12. The van der Waals surface area contributed by atoms with Gasteiger partial charge < -0.3 is 13.5 Å². The lowest BCUT2D eigenvalue weighted by Gasteiger charge is -1.98. The van der Waals surface area contributed by atoms with Crippen LogP contribution in [0.4, 0.5) is 0 Å². The quantitative estimate of drug-likeness (QED) is 0.382. The minimum atomic E-state index is 0.425. The molecule has 3 aromatic carbocycles. The summed E-state index contributed by atoms with van der Waals surface area (Å²) in [5.74, 6) is 2.31. The Morgan fingerprint density at radius 1 is 0.633 bits per heavy atom. The van der Waals surface area contributed by atoms with E-state index in [1.807, 2.05) is 73.7 Å². The third-order valence-electron chi connectivity index (χ3n) is 5.09. The molecule has 0 N–H and O–H groups in total. The smallest absolute Gasteiger partial charge is 0.248 e. The molecule has 0 fully saturated rings. The second-order valence-corrected chi connectivity index (χ2v) is 6.99. The largest absolute Gasteiger partial charge is 0.416 e. The molecule has 0 radical (unpaired) electrons. The molecule has 6 rings (SSSR count). The maximum absolute atomic E-state index is 5.97. The van der Waals surface area contributed by atoms with Crippen LogP contribution in [0.2, 0.25) is 0 Å².